The quantitative estimate of drug-likeness (QED) is 0.524. The van der Waals surface area contributed by atoms with Crippen molar-refractivity contribution in [3.63, 3.8) is 0 Å². The molecule has 0 bridgehead atoms. The van der Waals surface area contributed by atoms with Gasteiger partial charge in [-0.3, -0.25) is 12.2 Å². The van der Waals surface area contributed by atoms with Crippen LogP contribution in [0, 0.1) is 23.0 Å². The van der Waals surface area contributed by atoms with E-state index >= 15 is 0 Å². The minimum absolute atomic E-state index is 0.208. The monoisotopic (exact) mass is 346 g/mol. The number of hydrogen-bond donors (Lipinski definition) is 0. The molecule has 0 aliphatic heterocycles. The molecule has 2 rings (SSSR count). The van der Waals surface area contributed by atoms with E-state index in [-0.39, 0.29) is 10.8 Å². The first-order valence-corrected chi connectivity index (χ1v) is 11.7. The molecule has 3 heteroatoms. The van der Waals surface area contributed by atoms with E-state index in [4.69, 9.17) is 17.0 Å². The molecular weight excluding hydrogens is 330 g/mol. The Bertz CT molecular complexity index is 263. The van der Waals surface area contributed by atoms with Crippen molar-refractivity contribution >= 4 is 17.0 Å². The summed E-state index contributed by atoms with van der Waals surface area (Å²) in [7, 11) is 9.87. The van der Waals surface area contributed by atoms with E-state index < -0.39 is 20.8 Å². The van der Waals surface area contributed by atoms with Gasteiger partial charge in [0.25, 0.3) is 0 Å². The Labute approximate surface area is 124 Å². The van der Waals surface area contributed by atoms with Gasteiger partial charge in [0, 0.05) is 0 Å². The van der Waals surface area contributed by atoms with E-state index in [1.807, 2.05) is 24.3 Å². The standard InChI is InChI=1S/2C7H9.2ClH.Zr/c2*1-7(2)5-3-4-6-7;;;/h2*3-5H,1-2H3;2*1H;/q2*-1;;;+4/p-2. The van der Waals surface area contributed by atoms with Crippen molar-refractivity contribution in [2.75, 3.05) is 0 Å². The molecule has 0 nitrogen and oxygen atoms in total. The fourth-order valence-electron chi connectivity index (χ4n) is 1.20. The molecule has 0 amide bonds. The summed E-state index contributed by atoms with van der Waals surface area (Å²) >= 11 is -0.826. The van der Waals surface area contributed by atoms with E-state index in [1.165, 1.54) is 0 Å². The molecule has 92 valence electrons. The van der Waals surface area contributed by atoms with Crippen LogP contribution >= 0.6 is 17.0 Å². The van der Waals surface area contributed by atoms with Crippen molar-refractivity contribution in [1.82, 2.24) is 0 Å². The topological polar surface area (TPSA) is 0 Å². The second kappa shape index (κ2) is 8.51. The van der Waals surface area contributed by atoms with E-state index in [9.17, 15) is 0 Å². The molecule has 0 aromatic heterocycles. The summed E-state index contributed by atoms with van der Waals surface area (Å²) in [6, 6.07) is 0. The average Bonchev–Trinajstić information content (AvgIpc) is 2.76. The van der Waals surface area contributed by atoms with Gasteiger partial charge in [0.05, 0.1) is 0 Å². The maximum absolute atomic E-state index is 4.93. The predicted octanol–water partition coefficient (Wildman–Crippen LogP) is 5.26. The molecule has 0 saturated carbocycles. The summed E-state index contributed by atoms with van der Waals surface area (Å²) in [5.41, 5.74) is 0.417. The van der Waals surface area contributed by atoms with Crippen molar-refractivity contribution in [3.05, 3.63) is 48.6 Å². The molecule has 0 spiro atoms. The summed E-state index contributed by atoms with van der Waals surface area (Å²) in [5, 5.41) is 0. The molecule has 2 aliphatic carbocycles. The predicted molar refractivity (Wildman–Crippen MR) is 73.2 cm³/mol. The van der Waals surface area contributed by atoms with Crippen molar-refractivity contribution in [3.8, 4) is 0 Å². The van der Waals surface area contributed by atoms with Gasteiger partial charge in [0.1, 0.15) is 0 Å². The van der Waals surface area contributed by atoms with Gasteiger partial charge < -0.3 is 0 Å². The van der Waals surface area contributed by atoms with Crippen molar-refractivity contribution in [2.24, 2.45) is 10.8 Å². The zero-order valence-corrected chi connectivity index (χ0v) is 14.7. The second-order valence-electron chi connectivity index (χ2n) is 4.86. The first-order valence-electron chi connectivity index (χ1n) is 5.37. The Hall–Kier alpha value is 0.423. The van der Waals surface area contributed by atoms with Crippen molar-refractivity contribution in [2.45, 2.75) is 27.7 Å². The van der Waals surface area contributed by atoms with Gasteiger partial charge in [-0.1, -0.05) is 38.5 Å². The Morgan fingerprint density at radius 2 is 1.12 bits per heavy atom. The third kappa shape index (κ3) is 10.1. The van der Waals surface area contributed by atoms with Crippen LogP contribution in [-0.4, -0.2) is 0 Å². The van der Waals surface area contributed by atoms with Crippen LogP contribution in [0.3, 0.4) is 0 Å². The van der Waals surface area contributed by atoms with E-state index in [2.05, 4.69) is 52.0 Å². The molecular formula is C14H18Cl2Zr. The Balaban J connectivity index is 0.000000247. The Kier molecular flexibility index (Phi) is 8.72. The molecule has 0 aromatic carbocycles. The van der Waals surface area contributed by atoms with Crippen LogP contribution < -0.4 is 0 Å². The third-order valence-electron chi connectivity index (χ3n) is 2.13. The molecule has 0 radical (unpaired) electrons. The molecule has 0 atom stereocenters. The van der Waals surface area contributed by atoms with Crippen LogP contribution in [0.4, 0.5) is 0 Å². The summed E-state index contributed by atoms with van der Waals surface area (Å²) < 4.78 is 0. The molecule has 0 N–H and O–H groups in total. The minimum atomic E-state index is -0.826. The summed E-state index contributed by atoms with van der Waals surface area (Å²) in [6.07, 6.45) is 18.6. The molecule has 0 unspecified atom stereocenters. The van der Waals surface area contributed by atoms with Gasteiger partial charge in [0.2, 0.25) is 0 Å². The van der Waals surface area contributed by atoms with Gasteiger partial charge in [-0.25, -0.2) is 24.3 Å². The molecule has 0 aromatic rings. The van der Waals surface area contributed by atoms with Gasteiger partial charge >= 0.3 is 37.9 Å². The van der Waals surface area contributed by atoms with Crippen LogP contribution in [0.15, 0.2) is 36.5 Å². The van der Waals surface area contributed by atoms with Gasteiger partial charge in [-0.05, 0) is 0 Å². The fourth-order valence-corrected chi connectivity index (χ4v) is 1.20. The van der Waals surface area contributed by atoms with Crippen LogP contribution in [-0.2, 0) is 20.8 Å². The van der Waals surface area contributed by atoms with Crippen LogP contribution in [0.1, 0.15) is 27.7 Å². The Morgan fingerprint density at radius 1 is 0.824 bits per heavy atom. The number of rotatable bonds is 0. The summed E-state index contributed by atoms with van der Waals surface area (Å²) in [4.78, 5) is 0. The molecule has 17 heavy (non-hydrogen) atoms. The van der Waals surface area contributed by atoms with E-state index in [0.29, 0.717) is 0 Å². The van der Waals surface area contributed by atoms with E-state index in [1.54, 1.807) is 0 Å². The van der Waals surface area contributed by atoms with Crippen LogP contribution in [0.5, 0.6) is 0 Å². The third-order valence-corrected chi connectivity index (χ3v) is 2.13. The first kappa shape index (κ1) is 17.4. The zero-order valence-electron chi connectivity index (χ0n) is 10.7. The Morgan fingerprint density at radius 3 is 1.18 bits per heavy atom. The summed E-state index contributed by atoms with van der Waals surface area (Å²) in [6.45, 7) is 8.53. The molecule has 0 heterocycles. The van der Waals surface area contributed by atoms with Crippen molar-refractivity contribution < 1.29 is 20.8 Å². The average molecular weight is 348 g/mol. The molecule has 0 saturated heterocycles. The van der Waals surface area contributed by atoms with Crippen LogP contribution in [0.2, 0.25) is 0 Å². The number of allylic oxidation sites excluding steroid dienone is 8. The van der Waals surface area contributed by atoms with Crippen molar-refractivity contribution in [1.29, 1.82) is 0 Å². The normalized spacial score (nSPS) is 20.1. The van der Waals surface area contributed by atoms with Gasteiger partial charge in [-0.2, -0.15) is 12.2 Å². The summed E-state index contributed by atoms with van der Waals surface area (Å²) in [5.74, 6) is 0. The first-order chi connectivity index (χ1) is 7.83. The number of halogens is 2. The molecule has 2 aliphatic rings. The zero-order chi connectivity index (χ0) is 13.4. The number of hydrogen-bond acceptors (Lipinski definition) is 0. The molecule has 0 fully saturated rings. The maximum atomic E-state index is 4.93. The van der Waals surface area contributed by atoms with E-state index in [0.717, 1.165) is 0 Å². The van der Waals surface area contributed by atoms with Gasteiger partial charge in [-0.15, -0.1) is 0 Å². The fraction of sp³-hybridized carbons (Fsp3) is 0.429. The van der Waals surface area contributed by atoms with Gasteiger partial charge in [0.15, 0.2) is 0 Å². The second-order valence-corrected chi connectivity index (χ2v) is 8.59. The van der Waals surface area contributed by atoms with Crippen LogP contribution in [0.25, 0.3) is 0 Å². The SMILES string of the molecule is CC1(C)[C-]=CC=C1.CC1(C)[C-]=CC=C1.[Cl][Zr+2][Cl].